The molecular weight excluding hydrogens is 348 g/mol. The van der Waals surface area contributed by atoms with E-state index in [1.807, 2.05) is 42.5 Å². The Kier molecular flexibility index (Phi) is 6.93. The number of nitrogens with two attached hydrogens (primary N) is 1. The molecule has 1 heterocycles. The van der Waals surface area contributed by atoms with Gasteiger partial charge in [-0.1, -0.05) is 44.2 Å². The third kappa shape index (κ3) is 5.99. The first-order valence-electron chi connectivity index (χ1n) is 10.1. The summed E-state index contributed by atoms with van der Waals surface area (Å²) >= 11 is 0. The minimum absolute atomic E-state index is 0.0373. The normalized spacial score (nSPS) is 15.0. The van der Waals surface area contributed by atoms with E-state index in [1.165, 1.54) is 12.8 Å². The molecule has 3 N–H and O–H groups in total. The molecule has 0 aliphatic carbocycles. The number of nitrogens with one attached hydrogen (secondary N) is 1. The molecule has 1 fully saturated rings. The minimum atomic E-state index is 0.0373. The Morgan fingerprint density at radius 3 is 2.39 bits per heavy atom. The molecule has 0 bridgehead atoms. The summed E-state index contributed by atoms with van der Waals surface area (Å²) in [6.45, 7) is 8.44. The Labute approximate surface area is 168 Å². The summed E-state index contributed by atoms with van der Waals surface area (Å²) in [6.07, 6.45) is 2.43. The zero-order chi connectivity index (χ0) is 19.8. The monoisotopic (exact) mass is 380 g/mol. The maximum atomic E-state index is 5.88. The first kappa shape index (κ1) is 20.2. The molecule has 5 nitrogen and oxygen atoms in total. The van der Waals surface area contributed by atoms with E-state index in [0.717, 1.165) is 42.6 Å². The van der Waals surface area contributed by atoms with Crippen molar-refractivity contribution in [1.82, 2.24) is 10.2 Å². The Morgan fingerprint density at radius 1 is 1.07 bits per heavy atom. The van der Waals surface area contributed by atoms with E-state index in [0.29, 0.717) is 13.2 Å². The van der Waals surface area contributed by atoms with Crippen molar-refractivity contribution in [2.45, 2.75) is 33.3 Å². The third-order valence-electron chi connectivity index (χ3n) is 5.00. The number of hydrogen-bond acceptors (Lipinski definition) is 3. The fraction of sp³-hybridized carbons (Fsp3) is 0.435. The predicted molar refractivity (Wildman–Crippen MR) is 116 cm³/mol. The summed E-state index contributed by atoms with van der Waals surface area (Å²) in [7, 11) is 0. The summed E-state index contributed by atoms with van der Waals surface area (Å²) in [6, 6.07) is 18.2. The molecule has 0 atom stereocenters. The van der Waals surface area contributed by atoms with Crippen molar-refractivity contribution in [3.63, 3.8) is 0 Å². The van der Waals surface area contributed by atoms with Crippen LogP contribution < -0.4 is 15.8 Å². The highest BCUT2D eigenvalue weighted by atomic mass is 16.5. The van der Waals surface area contributed by atoms with Gasteiger partial charge in [0.1, 0.15) is 12.4 Å². The zero-order valence-electron chi connectivity index (χ0n) is 17.0. The van der Waals surface area contributed by atoms with Gasteiger partial charge in [0.15, 0.2) is 5.96 Å². The number of rotatable bonds is 7. The van der Waals surface area contributed by atoms with Crippen LogP contribution in [0.4, 0.5) is 5.69 Å². The second-order valence-electron chi connectivity index (χ2n) is 8.12. The summed E-state index contributed by atoms with van der Waals surface area (Å²) in [5.74, 6) is 1.79. The minimum Gasteiger partial charge on any atom is -0.489 e. The number of likely N-dealkylation sites (tertiary alicyclic amines) is 1. The molecule has 0 unspecified atom stereocenters. The van der Waals surface area contributed by atoms with Gasteiger partial charge < -0.3 is 20.7 Å². The van der Waals surface area contributed by atoms with Crippen molar-refractivity contribution in [2.75, 3.05) is 26.2 Å². The fourth-order valence-electron chi connectivity index (χ4n) is 3.02. The molecule has 28 heavy (non-hydrogen) atoms. The summed E-state index contributed by atoms with van der Waals surface area (Å²) in [5, 5.41) is 3.53. The Hall–Kier alpha value is -2.53. The molecule has 1 aliphatic heterocycles. The smallest absolute Gasteiger partial charge is 0.199 e. The van der Waals surface area contributed by atoms with Crippen LogP contribution in [0.15, 0.2) is 59.6 Å². The molecule has 1 aliphatic rings. The lowest BCUT2D eigenvalue weighted by Gasteiger charge is -2.27. The van der Waals surface area contributed by atoms with E-state index in [2.05, 4.69) is 36.2 Å². The first-order chi connectivity index (χ1) is 13.6. The summed E-state index contributed by atoms with van der Waals surface area (Å²) in [5.41, 5.74) is 8.00. The highest BCUT2D eigenvalue weighted by molar-refractivity contribution is 5.83. The van der Waals surface area contributed by atoms with Gasteiger partial charge in [-0.25, -0.2) is 4.99 Å². The van der Waals surface area contributed by atoms with Crippen molar-refractivity contribution in [2.24, 2.45) is 16.1 Å². The number of benzene rings is 2. The van der Waals surface area contributed by atoms with Gasteiger partial charge >= 0.3 is 0 Å². The lowest BCUT2D eigenvalue weighted by molar-refractivity contribution is 0.306. The van der Waals surface area contributed by atoms with Gasteiger partial charge in [0.2, 0.25) is 0 Å². The fourth-order valence-corrected chi connectivity index (χ4v) is 3.02. The molecule has 0 aromatic heterocycles. The van der Waals surface area contributed by atoms with Crippen LogP contribution >= 0.6 is 0 Å². The largest absolute Gasteiger partial charge is 0.489 e. The summed E-state index contributed by atoms with van der Waals surface area (Å²) < 4.78 is 5.87. The van der Waals surface area contributed by atoms with Gasteiger partial charge in [0, 0.05) is 19.6 Å². The van der Waals surface area contributed by atoms with Gasteiger partial charge in [-0.2, -0.15) is 0 Å². The second kappa shape index (κ2) is 9.60. The highest BCUT2D eigenvalue weighted by Crippen LogP contribution is 2.21. The SMILES string of the molecule is CC(C)(CN)CN/C(=N/c1ccc(OCc2ccccc2)cc1)N1CCCC1. The molecule has 2 aromatic carbocycles. The molecule has 150 valence electrons. The van der Waals surface area contributed by atoms with E-state index in [9.17, 15) is 0 Å². The number of hydrogen-bond donors (Lipinski definition) is 2. The van der Waals surface area contributed by atoms with Crippen molar-refractivity contribution in [1.29, 1.82) is 0 Å². The van der Waals surface area contributed by atoms with Crippen molar-refractivity contribution < 1.29 is 4.74 Å². The number of aliphatic imine (C=N–C) groups is 1. The topological polar surface area (TPSA) is 62.9 Å². The van der Waals surface area contributed by atoms with Gasteiger partial charge in [0.05, 0.1) is 5.69 Å². The van der Waals surface area contributed by atoms with Crippen LogP contribution in [0.2, 0.25) is 0 Å². The van der Waals surface area contributed by atoms with Crippen LogP contribution in [0.25, 0.3) is 0 Å². The quantitative estimate of drug-likeness (QED) is 0.564. The summed E-state index contributed by atoms with van der Waals surface area (Å²) in [4.78, 5) is 7.20. The standard InChI is InChI=1S/C23H32N4O/c1-23(2,17-24)18-25-22(27-14-6-7-15-27)26-20-10-12-21(13-11-20)28-16-19-8-4-3-5-9-19/h3-5,8-13H,6-7,14-18,24H2,1-2H3,(H,25,26). The van der Waals surface area contributed by atoms with E-state index in [1.54, 1.807) is 0 Å². The van der Waals surface area contributed by atoms with Crippen molar-refractivity contribution in [3.8, 4) is 5.75 Å². The maximum Gasteiger partial charge on any atom is 0.199 e. The predicted octanol–water partition coefficient (Wildman–Crippen LogP) is 3.92. The van der Waals surface area contributed by atoms with Crippen LogP contribution in [0.3, 0.4) is 0 Å². The zero-order valence-corrected chi connectivity index (χ0v) is 17.0. The number of guanidine groups is 1. The van der Waals surface area contributed by atoms with Gasteiger partial charge in [-0.3, -0.25) is 0 Å². The Bertz CT molecular complexity index is 750. The van der Waals surface area contributed by atoms with Crippen LogP contribution in [0.5, 0.6) is 5.75 Å². The van der Waals surface area contributed by atoms with Gasteiger partial charge in [0.25, 0.3) is 0 Å². The molecule has 0 saturated carbocycles. The average molecular weight is 381 g/mol. The molecule has 2 aromatic rings. The maximum absolute atomic E-state index is 5.88. The molecular formula is C23H32N4O. The molecule has 1 saturated heterocycles. The van der Waals surface area contributed by atoms with E-state index < -0.39 is 0 Å². The average Bonchev–Trinajstić information content (AvgIpc) is 3.26. The van der Waals surface area contributed by atoms with E-state index in [-0.39, 0.29) is 5.41 Å². The first-order valence-corrected chi connectivity index (χ1v) is 10.1. The van der Waals surface area contributed by atoms with E-state index >= 15 is 0 Å². The van der Waals surface area contributed by atoms with Crippen LogP contribution in [0.1, 0.15) is 32.3 Å². The second-order valence-corrected chi connectivity index (χ2v) is 8.12. The highest BCUT2D eigenvalue weighted by Gasteiger charge is 2.20. The molecule has 0 radical (unpaired) electrons. The van der Waals surface area contributed by atoms with Gasteiger partial charge in [-0.15, -0.1) is 0 Å². The van der Waals surface area contributed by atoms with Gasteiger partial charge in [-0.05, 0) is 54.6 Å². The number of ether oxygens (including phenoxy) is 1. The van der Waals surface area contributed by atoms with Crippen molar-refractivity contribution >= 4 is 11.6 Å². The molecule has 3 rings (SSSR count). The Morgan fingerprint density at radius 2 is 1.75 bits per heavy atom. The number of nitrogens with zero attached hydrogens (tertiary/aromatic N) is 2. The van der Waals surface area contributed by atoms with Crippen LogP contribution in [-0.2, 0) is 6.61 Å². The third-order valence-corrected chi connectivity index (χ3v) is 5.00. The Balaban J connectivity index is 1.65. The molecule has 0 amide bonds. The lowest BCUT2D eigenvalue weighted by Crippen LogP contribution is -2.45. The lowest BCUT2D eigenvalue weighted by atomic mass is 9.94. The van der Waals surface area contributed by atoms with E-state index in [4.69, 9.17) is 15.5 Å². The van der Waals surface area contributed by atoms with Crippen LogP contribution in [-0.4, -0.2) is 37.0 Å². The van der Waals surface area contributed by atoms with Crippen molar-refractivity contribution in [3.05, 3.63) is 60.2 Å². The molecule has 0 spiro atoms. The molecule has 5 heteroatoms. The van der Waals surface area contributed by atoms with Crippen LogP contribution in [0, 0.1) is 5.41 Å².